The Balaban J connectivity index is 2.45. The fourth-order valence-electron chi connectivity index (χ4n) is 2.14. The van der Waals surface area contributed by atoms with Crippen LogP contribution >= 0.6 is 11.8 Å². The van der Waals surface area contributed by atoms with Crippen molar-refractivity contribution in [1.82, 2.24) is 4.98 Å². The Morgan fingerprint density at radius 3 is 2.85 bits per heavy atom. The summed E-state index contributed by atoms with van der Waals surface area (Å²) < 4.78 is 0. The maximum absolute atomic E-state index is 11.1. The van der Waals surface area contributed by atoms with E-state index < -0.39 is 0 Å². The molecule has 1 atom stereocenters. The van der Waals surface area contributed by atoms with Crippen molar-refractivity contribution in [3.05, 3.63) is 40.7 Å². The second-order valence-electron chi connectivity index (χ2n) is 4.52. The van der Waals surface area contributed by atoms with E-state index in [0.29, 0.717) is 11.4 Å². The van der Waals surface area contributed by atoms with Gasteiger partial charge in [-0.25, -0.2) is 0 Å². The molecule has 1 N–H and O–H groups in total. The lowest BCUT2D eigenvalue weighted by molar-refractivity contribution is -0.383. The van der Waals surface area contributed by atoms with E-state index in [-0.39, 0.29) is 10.6 Å². The summed E-state index contributed by atoms with van der Waals surface area (Å²) in [6.07, 6.45) is 6.29. The van der Waals surface area contributed by atoms with E-state index in [0.717, 1.165) is 23.2 Å². The molecule has 6 heteroatoms. The van der Waals surface area contributed by atoms with Crippen molar-refractivity contribution >= 4 is 33.9 Å². The summed E-state index contributed by atoms with van der Waals surface area (Å²) >= 11 is 1.78. The summed E-state index contributed by atoms with van der Waals surface area (Å²) in [4.78, 5) is 14.7. The first kappa shape index (κ1) is 14.6. The SMILES string of the molecule is CCC(CSC)Nc1ccc([N+](=O)[O-])c2cnccc12. The zero-order valence-electron chi connectivity index (χ0n) is 11.5. The van der Waals surface area contributed by atoms with Gasteiger partial charge >= 0.3 is 0 Å². The number of non-ortho nitro benzene ring substituents is 1. The molecule has 20 heavy (non-hydrogen) atoms. The van der Waals surface area contributed by atoms with Gasteiger partial charge in [0.05, 0.1) is 10.3 Å². The molecule has 0 radical (unpaired) electrons. The summed E-state index contributed by atoms with van der Waals surface area (Å²) in [6.45, 7) is 2.13. The highest BCUT2D eigenvalue weighted by molar-refractivity contribution is 7.98. The van der Waals surface area contributed by atoms with E-state index in [1.807, 2.05) is 6.07 Å². The lowest BCUT2D eigenvalue weighted by atomic mass is 10.1. The second-order valence-corrected chi connectivity index (χ2v) is 5.43. The summed E-state index contributed by atoms with van der Waals surface area (Å²) in [6, 6.07) is 5.49. The number of pyridine rings is 1. The molecular formula is C14H17N3O2S. The predicted molar refractivity (Wildman–Crippen MR) is 84.5 cm³/mol. The molecule has 0 fully saturated rings. The molecule has 2 rings (SSSR count). The van der Waals surface area contributed by atoms with Gasteiger partial charge < -0.3 is 5.32 Å². The minimum absolute atomic E-state index is 0.0940. The Labute approximate surface area is 121 Å². The average molecular weight is 291 g/mol. The van der Waals surface area contributed by atoms with Crippen molar-refractivity contribution < 1.29 is 4.92 Å². The van der Waals surface area contributed by atoms with E-state index in [1.165, 1.54) is 6.07 Å². The van der Waals surface area contributed by atoms with E-state index in [1.54, 1.807) is 30.2 Å². The largest absolute Gasteiger partial charge is 0.381 e. The fourth-order valence-corrected chi connectivity index (χ4v) is 2.86. The molecular weight excluding hydrogens is 274 g/mol. The van der Waals surface area contributed by atoms with Gasteiger partial charge in [0.15, 0.2) is 0 Å². The Morgan fingerprint density at radius 1 is 1.40 bits per heavy atom. The monoisotopic (exact) mass is 291 g/mol. The highest BCUT2D eigenvalue weighted by Gasteiger charge is 2.15. The molecule has 5 nitrogen and oxygen atoms in total. The maximum Gasteiger partial charge on any atom is 0.278 e. The summed E-state index contributed by atoms with van der Waals surface area (Å²) in [7, 11) is 0. The molecule has 0 aliphatic rings. The van der Waals surface area contributed by atoms with Crippen molar-refractivity contribution in [3.63, 3.8) is 0 Å². The van der Waals surface area contributed by atoms with Gasteiger partial charge in [-0.2, -0.15) is 11.8 Å². The van der Waals surface area contributed by atoms with Crippen molar-refractivity contribution in [1.29, 1.82) is 0 Å². The third kappa shape index (κ3) is 3.01. The van der Waals surface area contributed by atoms with Crippen LogP contribution in [0.4, 0.5) is 11.4 Å². The van der Waals surface area contributed by atoms with Gasteiger partial charge in [-0.15, -0.1) is 0 Å². The lowest BCUT2D eigenvalue weighted by Crippen LogP contribution is -2.21. The number of thioether (sulfide) groups is 1. The van der Waals surface area contributed by atoms with Gasteiger partial charge in [0.2, 0.25) is 0 Å². The number of benzene rings is 1. The van der Waals surface area contributed by atoms with Crippen molar-refractivity contribution in [2.75, 3.05) is 17.3 Å². The molecule has 1 heterocycles. The molecule has 1 aromatic heterocycles. The van der Waals surface area contributed by atoms with Gasteiger partial charge in [0.25, 0.3) is 5.69 Å². The fraction of sp³-hybridized carbons (Fsp3) is 0.357. The molecule has 1 aromatic carbocycles. The normalized spacial score (nSPS) is 12.3. The standard InChI is InChI=1S/C14H17N3O2S/c1-3-10(9-20-2)16-13-4-5-14(17(18)19)12-8-15-7-6-11(12)13/h4-8,10,16H,3,9H2,1-2H3. The number of hydrogen-bond acceptors (Lipinski definition) is 5. The van der Waals surface area contributed by atoms with Crippen LogP contribution in [0.2, 0.25) is 0 Å². The van der Waals surface area contributed by atoms with Crippen molar-refractivity contribution in [3.8, 4) is 0 Å². The van der Waals surface area contributed by atoms with Crippen LogP contribution in [0.1, 0.15) is 13.3 Å². The number of hydrogen-bond donors (Lipinski definition) is 1. The minimum atomic E-state index is -0.368. The third-order valence-electron chi connectivity index (χ3n) is 3.21. The first-order valence-electron chi connectivity index (χ1n) is 6.44. The topological polar surface area (TPSA) is 68.1 Å². The number of nitrogens with one attached hydrogen (secondary N) is 1. The van der Waals surface area contributed by atoms with E-state index >= 15 is 0 Å². The molecule has 0 spiro atoms. The molecule has 0 aliphatic heterocycles. The van der Waals surface area contributed by atoms with Crippen LogP contribution in [-0.2, 0) is 0 Å². The average Bonchev–Trinajstić information content (AvgIpc) is 2.46. The van der Waals surface area contributed by atoms with Gasteiger partial charge in [0.1, 0.15) is 0 Å². The van der Waals surface area contributed by atoms with Gasteiger partial charge in [-0.3, -0.25) is 15.1 Å². The maximum atomic E-state index is 11.1. The van der Waals surface area contributed by atoms with Crippen LogP contribution in [0.25, 0.3) is 10.8 Å². The zero-order valence-corrected chi connectivity index (χ0v) is 12.3. The molecule has 1 unspecified atom stereocenters. The van der Waals surface area contributed by atoms with E-state index in [2.05, 4.69) is 23.5 Å². The quantitative estimate of drug-likeness (QED) is 0.649. The third-order valence-corrected chi connectivity index (χ3v) is 3.95. The van der Waals surface area contributed by atoms with E-state index in [4.69, 9.17) is 0 Å². The number of anilines is 1. The number of aromatic nitrogens is 1. The number of nitro groups is 1. The van der Waals surface area contributed by atoms with E-state index in [9.17, 15) is 10.1 Å². The number of nitro benzene ring substituents is 1. The molecule has 0 saturated heterocycles. The predicted octanol–water partition coefficient (Wildman–Crippen LogP) is 3.70. The Kier molecular flexibility index (Phi) is 4.79. The Bertz CT molecular complexity index is 618. The first-order chi connectivity index (χ1) is 9.67. The Hall–Kier alpha value is -1.82. The number of fused-ring (bicyclic) bond motifs is 1. The highest BCUT2D eigenvalue weighted by Crippen LogP contribution is 2.31. The molecule has 0 bridgehead atoms. The van der Waals surface area contributed by atoms with Crippen LogP contribution in [-0.4, -0.2) is 28.0 Å². The number of nitrogens with zero attached hydrogens (tertiary/aromatic N) is 2. The molecule has 0 amide bonds. The zero-order chi connectivity index (χ0) is 14.5. The Morgan fingerprint density at radius 2 is 2.20 bits per heavy atom. The van der Waals surface area contributed by atoms with Crippen LogP contribution in [0.3, 0.4) is 0 Å². The molecule has 0 aliphatic carbocycles. The first-order valence-corrected chi connectivity index (χ1v) is 7.83. The molecule has 106 valence electrons. The van der Waals surface area contributed by atoms with Gasteiger partial charge in [-0.1, -0.05) is 6.92 Å². The van der Waals surface area contributed by atoms with Crippen LogP contribution in [0, 0.1) is 10.1 Å². The molecule has 0 saturated carbocycles. The van der Waals surface area contributed by atoms with Crippen molar-refractivity contribution in [2.24, 2.45) is 0 Å². The van der Waals surface area contributed by atoms with Crippen LogP contribution < -0.4 is 5.32 Å². The molecule has 2 aromatic rings. The number of rotatable bonds is 6. The summed E-state index contributed by atoms with van der Waals surface area (Å²) in [5, 5.41) is 15.9. The van der Waals surface area contributed by atoms with Crippen LogP contribution in [0.5, 0.6) is 0 Å². The second kappa shape index (κ2) is 6.56. The van der Waals surface area contributed by atoms with Crippen molar-refractivity contribution in [2.45, 2.75) is 19.4 Å². The van der Waals surface area contributed by atoms with Gasteiger partial charge in [-0.05, 0) is 24.8 Å². The summed E-state index contributed by atoms with van der Waals surface area (Å²) in [5.41, 5.74) is 1.02. The minimum Gasteiger partial charge on any atom is -0.381 e. The summed E-state index contributed by atoms with van der Waals surface area (Å²) in [5.74, 6) is 1.00. The van der Waals surface area contributed by atoms with Crippen LogP contribution in [0.15, 0.2) is 30.6 Å². The highest BCUT2D eigenvalue weighted by atomic mass is 32.2. The lowest BCUT2D eigenvalue weighted by Gasteiger charge is -2.18. The smallest absolute Gasteiger partial charge is 0.278 e. The van der Waals surface area contributed by atoms with Gasteiger partial charge in [0, 0.05) is 41.3 Å².